The summed E-state index contributed by atoms with van der Waals surface area (Å²) in [6.45, 7) is 8.61. The third-order valence-corrected chi connectivity index (χ3v) is 3.18. The van der Waals surface area contributed by atoms with Crippen LogP contribution in [-0.2, 0) is 6.42 Å². The average Bonchev–Trinajstić information content (AvgIpc) is 2.83. The van der Waals surface area contributed by atoms with Crippen LogP contribution in [0.15, 0.2) is 25.0 Å². The monoisotopic (exact) mass is 243 g/mol. The largest absolute Gasteiger partial charge is 0.237 e. The topological polar surface area (TPSA) is 30.2 Å². The first-order valence-electron chi connectivity index (χ1n) is 6.77. The molecule has 0 unspecified atom stereocenters. The fourth-order valence-electron chi connectivity index (χ4n) is 2.25. The molecule has 96 valence electrons. The van der Waals surface area contributed by atoms with E-state index in [1.165, 1.54) is 29.7 Å². The number of hydrogen-bond acceptors (Lipinski definition) is 2. The van der Waals surface area contributed by atoms with Crippen molar-refractivity contribution in [2.75, 3.05) is 0 Å². The molecular weight excluding hydrogens is 222 g/mol. The molecule has 3 nitrogen and oxygen atoms in total. The number of nitrogens with zero attached hydrogens (tertiary/aromatic N) is 3. The smallest absolute Gasteiger partial charge is 0.155 e. The van der Waals surface area contributed by atoms with Gasteiger partial charge in [-0.2, -0.15) is 5.10 Å². The molecule has 0 radical (unpaired) electrons. The van der Waals surface area contributed by atoms with Gasteiger partial charge in [0.15, 0.2) is 5.65 Å². The summed E-state index contributed by atoms with van der Waals surface area (Å²) in [7, 11) is 0. The van der Waals surface area contributed by atoms with Crippen molar-refractivity contribution < 1.29 is 0 Å². The predicted octanol–water partition coefficient (Wildman–Crippen LogP) is 3.89. The van der Waals surface area contributed by atoms with Crippen LogP contribution in [0.2, 0.25) is 0 Å². The summed E-state index contributed by atoms with van der Waals surface area (Å²) >= 11 is 0. The molecule has 3 heteroatoms. The first-order valence-corrected chi connectivity index (χ1v) is 6.77. The van der Waals surface area contributed by atoms with Gasteiger partial charge in [-0.3, -0.25) is 0 Å². The van der Waals surface area contributed by atoms with Gasteiger partial charge in [-0.05, 0) is 30.4 Å². The van der Waals surface area contributed by atoms with Gasteiger partial charge in [0.25, 0.3) is 0 Å². The van der Waals surface area contributed by atoms with E-state index in [9.17, 15) is 0 Å². The Bertz CT molecular complexity index is 540. The van der Waals surface area contributed by atoms with Crippen LogP contribution in [0.5, 0.6) is 0 Å². The first-order chi connectivity index (χ1) is 8.77. The summed E-state index contributed by atoms with van der Waals surface area (Å²) in [5, 5.41) is 4.38. The molecule has 2 aromatic heterocycles. The third kappa shape index (κ3) is 2.45. The van der Waals surface area contributed by atoms with Gasteiger partial charge in [0.2, 0.25) is 0 Å². The fourth-order valence-corrected chi connectivity index (χ4v) is 2.25. The minimum absolute atomic E-state index is 0.905. The van der Waals surface area contributed by atoms with Crippen molar-refractivity contribution in [3.8, 4) is 0 Å². The number of allylic oxidation sites excluding steroid dienone is 1. The molecule has 2 aromatic rings. The van der Waals surface area contributed by atoms with Gasteiger partial charge in [0, 0.05) is 12.3 Å². The molecule has 0 saturated heterocycles. The van der Waals surface area contributed by atoms with E-state index in [0.717, 1.165) is 24.9 Å². The van der Waals surface area contributed by atoms with Crippen LogP contribution in [-0.4, -0.2) is 14.6 Å². The van der Waals surface area contributed by atoms with Crippen LogP contribution in [0.1, 0.15) is 50.8 Å². The van der Waals surface area contributed by atoms with Crippen molar-refractivity contribution in [2.45, 2.75) is 46.0 Å². The van der Waals surface area contributed by atoms with Crippen LogP contribution < -0.4 is 0 Å². The van der Waals surface area contributed by atoms with Crippen LogP contribution in [0.4, 0.5) is 0 Å². The normalized spacial score (nSPS) is 11.0. The highest BCUT2D eigenvalue weighted by atomic mass is 15.2. The van der Waals surface area contributed by atoms with E-state index in [2.05, 4.69) is 30.5 Å². The van der Waals surface area contributed by atoms with Gasteiger partial charge in [0.1, 0.15) is 0 Å². The summed E-state index contributed by atoms with van der Waals surface area (Å²) in [4.78, 5) is 4.46. The van der Waals surface area contributed by atoms with Gasteiger partial charge >= 0.3 is 0 Å². The zero-order valence-corrected chi connectivity index (χ0v) is 11.3. The Morgan fingerprint density at radius 2 is 2.17 bits per heavy atom. The first kappa shape index (κ1) is 12.8. The van der Waals surface area contributed by atoms with Crippen LogP contribution >= 0.6 is 0 Å². The van der Waals surface area contributed by atoms with E-state index in [1.807, 2.05) is 16.8 Å². The van der Waals surface area contributed by atoms with E-state index >= 15 is 0 Å². The van der Waals surface area contributed by atoms with Gasteiger partial charge in [-0.15, -0.1) is 0 Å². The number of hydrogen-bond donors (Lipinski definition) is 0. The second kappa shape index (κ2) is 5.80. The van der Waals surface area contributed by atoms with E-state index < -0.39 is 0 Å². The van der Waals surface area contributed by atoms with Gasteiger partial charge in [-0.1, -0.05) is 33.3 Å². The lowest BCUT2D eigenvalue weighted by atomic mass is 10.0. The Kier molecular flexibility index (Phi) is 4.13. The predicted molar refractivity (Wildman–Crippen MR) is 75.5 cm³/mol. The molecular formula is C15H21N3. The Hall–Kier alpha value is -1.64. The SMILES string of the molecule is C=C(CCC)c1c(CCCC)cnc2ccnn12. The fraction of sp³-hybridized carbons (Fsp3) is 0.467. The molecule has 0 spiro atoms. The molecule has 0 aliphatic rings. The molecule has 0 aliphatic carbocycles. The highest BCUT2D eigenvalue weighted by Gasteiger charge is 2.11. The molecule has 0 amide bonds. The molecule has 0 N–H and O–H groups in total. The van der Waals surface area contributed by atoms with Crippen molar-refractivity contribution in [3.05, 3.63) is 36.3 Å². The molecule has 0 aromatic carbocycles. The lowest BCUT2D eigenvalue weighted by molar-refractivity contribution is 0.772. The second-order valence-electron chi connectivity index (χ2n) is 4.69. The molecule has 0 saturated carbocycles. The molecule has 0 bridgehead atoms. The molecule has 0 fully saturated rings. The Labute approximate surface area is 109 Å². The summed E-state index contributed by atoms with van der Waals surface area (Å²) in [6.07, 6.45) is 9.34. The standard InChI is InChI=1S/C15H21N3/c1-4-6-8-13-11-16-14-9-10-17-18(14)15(13)12(3)7-5-2/h9-11H,3-8H2,1-2H3. The van der Waals surface area contributed by atoms with E-state index in [-0.39, 0.29) is 0 Å². The highest BCUT2D eigenvalue weighted by molar-refractivity contribution is 5.65. The number of rotatable bonds is 6. The maximum Gasteiger partial charge on any atom is 0.155 e. The number of fused-ring (bicyclic) bond motifs is 1. The number of aryl methyl sites for hydroxylation is 1. The molecule has 0 aliphatic heterocycles. The molecule has 2 rings (SSSR count). The summed E-state index contributed by atoms with van der Waals surface area (Å²) in [6, 6.07) is 1.94. The van der Waals surface area contributed by atoms with Crippen molar-refractivity contribution in [1.82, 2.24) is 14.6 Å². The minimum atomic E-state index is 0.905. The maximum atomic E-state index is 4.46. The average molecular weight is 243 g/mol. The summed E-state index contributed by atoms with van der Waals surface area (Å²) in [5.74, 6) is 0. The Morgan fingerprint density at radius 1 is 1.33 bits per heavy atom. The maximum absolute atomic E-state index is 4.46. The molecule has 2 heterocycles. The number of unbranched alkanes of at least 4 members (excludes halogenated alkanes) is 1. The summed E-state index contributed by atoms with van der Waals surface area (Å²) < 4.78 is 1.93. The second-order valence-corrected chi connectivity index (χ2v) is 4.69. The van der Waals surface area contributed by atoms with Crippen molar-refractivity contribution in [3.63, 3.8) is 0 Å². The molecule has 0 atom stereocenters. The molecule has 18 heavy (non-hydrogen) atoms. The zero-order chi connectivity index (χ0) is 13.0. The summed E-state index contributed by atoms with van der Waals surface area (Å²) in [5.41, 5.74) is 4.51. The van der Waals surface area contributed by atoms with Gasteiger partial charge < -0.3 is 0 Å². The highest BCUT2D eigenvalue weighted by Crippen LogP contribution is 2.23. The van der Waals surface area contributed by atoms with Crippen LogP contribution in [0.25, 0.3) is 11.2 Å². The zero-order valence-electron chi connectivity index (χ0n) is 11.3. The van der Waals surface area contributed by atoms with Crippen LogP contribution in [0.3, 0.4) is 0 Å². The lowest BCUT2D eigenvalue weighted by Crippen LogP contribution is -2.05. The Balaban J connectivity index is 2.47. The van der Waals surface area contributed by atoms with Crippen molar-refractivity contribution >= 4 is 11.2 Å². The van der Waals surface area contributed by atoms with Crippen molar-refractivity contribution in [2.24, 2.45) is 0 Å². The quantitative estimate of drug-likeness (QED) is 0.770. The Morgan fingerprint density at radius 3 is 2.89 bits per heavy atom. The van der Waals surface area contributed by atoms with E-state index in [1.54, 1.807) is 6.20 Å². The third-order valence-electron chi connectivity index (χ3n) is 3.18. The lowest BCUT2D eigenvalue weighted by Gasteiger charge is -2.12. The van der Waals surface area contributed by atoms with Crippen LogP contribution in [0, 0.1) is 0 Å². The number of aromatic nitrogens is 3. The van der Waals surface area contributed by atoms with Gasteiger partial charge in [-0.25, -0.2) is 9.50 Å². The van der Waals surface area contributed by atoms with Crippen molar-refractivity contribution in [1.29, 1.82) is 0 Å². The van der Waals surface area contributed by atoms with E-state index in [0.29, 0.717) is 0 Å². The van der Waals surface area contributed by atoms with Gasteiger partial charge in [0.05, 0.1) is 11.9 Å². The minimum Gasteiger partial charge on any atom is -0.237 e. The van der Waals surface area contributed by atoms with E-state index in [4.69, 9.17) is 0 Å².